The number of methoxy groups -OCH3 is 1. The van der Waals surface area contributed by atoms with Crippen LogP contribution in [0.5, 0.6) is 0 Å². The van der Waals surface area contributed by atoms with Gasteiger partial charge >= 0.3 is 6.09 Å². The molecule has 1 aromatic heterocycles. The first-order valence-electron chi connectivity index (χ1n) is 9.67. The van der Waals surface area contributed by atoms with Crippen molar-refractivity contribution in [2.45, 2.75) is 31.6 Å². The van der Waals surface area contributed by atoms with E-state index in [-0.39, 0.29) is 17.6 Å². The van der Waals surface area contributed by atoms with Gasteiger partial charge in [0.2, 0.25) is 0 Å². The number of carbonyl (C=O) groups is 1. The number of hydrogen-bond acceptors (Lipinski definition) is 4. The maximum atomic E-state index is 12.4. The summed E-state index contributed by atoms with van der Waals surface area (Å²) >= 11 is 0. The molecule has 0 radical (unpaired) electrons. The molecule has 146 valence electrons. The molecular weight excluding hydrogens is 356 g/mol. The normalized spacial score (nSPS) is 15.1. The largest absolute Gasteiger partial charge is 0.453 e. The lowest BCUT2D eigenvalue weighted by atomic mass is 9.90. The van der Waals surface area contributed by atoms with Gasteiger partial charge < -0.3 is 14.2 Å². The summed E-state index contributed by atoms with van der Waals surface area (Å²) in [5, 5.41) is 4.94. The number of rotatable bonds is 4. The number of nitrogens with one attached hydrogen (secondary N) is 1. The van der Waals surface area contributed by atoms with Gasteiger partial charge in [-0.15, -0.1) is 0 Å². The second kappa shape index (κ2) is 7.92. The summed E-state index contributed by atoms with van der Waals surface area (Å²) < 4.78 is 10.3. The molecule has 6 heteroatoms. The highest BCUT2D eigenvalue weighted by Crippen LogP contribution is 2.30. The van der Waals surface area contributed by atoms with Crippen LogP contribution in [0.25, 0.3) is 10.8 Å². The number of carbonyl (C=O) groups excluding carboxylic acids is 1. The Morgan fingerprint density at radius 3 is 2.68 bits per heavy atom. The molecule has 1 N–H and O–H groups in total. The van der Waals surface area contributed by atoms with Gasteiger partial charge in [-0.1, -0.05) is 42.5 Å². The molecule has 0 unspecified atom stereocenters. The average molecular weight is 380 g/mol. The number of H-pyrrole nitrogens is 1. The maximum Gasteiger partial charge on any atom is 0.409 e. The fourth-order valence-corrected chi connectivity index (χ4v) is 4.13. The van der Waals surface area contributed by atoms with Gasteiger partial charge in [0.05, 0.1) is 12.7 Å². The predicted molar refractivity (Wildman–Crippen MR) is 107 cm³/mol. The molecule has 0 saturated carbocycles. The summed E-state index contributed by atoms with van der Waals surface area (Å²) in [5.41, 5.74) is 1.81. The van der Waals surface area contributed by atoms with Crippen molar-refractivity contribution in [1.82, 2.24) is 10.1 Å². The van der Waals surface area contributed by atoms with Crippen LogP contribution < -0.4 is 5.56 Å². The van der Waals surface area contributed by atoms with Crippen LogP contribution in [-0.2, 0) is 17.6 Å². The Bertz CT molecular complexity index is 1020. The van der Waals surface area contributed by atoms with Gasteiger partial charge in [0.25, 0.3) is 5.56 Å². The van der Waals surface area contributed by atoms with Crippen molar-refractivity contribution >= 4 is 16.9 Å². The molecule has 1 aliphatic rings. The Labute approximate surface area is 163 Å². The van der Waals surface area contributed by atoms with Crippen molar-refractivity contribution < 1.29 is 14.1 Å². The van der Waals surface area contributed by atoms with Crippen LogP contribution in [0.15, 0.2) is 51.8 Å². The van der Waals surface area contributed by atoms with Gasteiger partial charge in [0, 0.05) is 19.0 Å². The second-order valence-corrected chi connectivity index (χ2v) is 7.25. The lowest BCUT2D eigenvalue weighted by Crippen LogP contribution is -2.37. The Hall–Kier alpha value is -3.02. The molecule has 6 nitrogen and oxygen atoms in total. The first kappa shape index (κ1) is 18.3. The fraction of sp³-hybridized carbons (Fsp3) is 0.364. The number of aromatic amines is 1. The SMILES string of the molecule is COC(=O)N1CCC(c2o[nH]c(=O)c2CCc2cccc3ccccc23)CC1. The van der Waals surface area contributed by atoms with Crippen molar-refractivity contribution in [3.05, 3.63) is 69.7 Å². The number of amides is 1. The molecule has 4 rings (SSSR count). The molecule has 0 aliphatic carbocycles. The Balaban J connectivity index is 1.50. The highest BCUT2D eigenvalue weighted by molar-refractivity contribution is 5.85. The molecule has 2 heterocycles. The minimum Gasteiger partial charge on any atom is -0.453 e. The summed E-state index contributed by atoms with van der Waals surface area (Å²) in [6.07, 6.45) is 2.63. The van der Waals surface area contributed by atoms with Crippen LogP contribution in [0.3, 0.4) is 0 Å². The summed E-state index contributed by atoms with van der Waals surface area (Å²) in [7, 11) is 1.39. The van der Waals surface area contributed by atoms with E-state index in [1.807, 2.05) is 12.1 Å². The molecule has 28 heavy (non-hydrogen) atoms. The van der Waals surface area contributed by atoms with E-state index in [9.17, 15) is 9.59 Å². The number of likely N-dealkylation sites (tertiary alicyclic amines) is 1. The van der Waals surface area contributed by atoms with E-state index < -0.39 is 0 Å². The van der Waals surface area contributed by atoms with Crippen LogP contribution in [0.1, 0.15) is 35.6 Å². The molecule has 3 aromatic rings. The van der Waals surface area contributed by atoms with E-state index in [4.69, 9.17) is 9.26 Å². The van der Waals surface area contributed by atoms with E-state index in [2.05, 4.69) is 35.5 Å². The molecular formula is C22H24N2O4. The van der Waals surface area contributed by atoms with Crippen molar-refractivity contribution in [2.24, 2.45) is 0 Å². The smallest absolute Gasteiger partial charge is 0.409 e. The van der Waals surface area contributed by atoms with E-state index in [1.165, 1.54) is 23.4 Å². The van der Waals surface area contributed by atoms with Crippen LogP contribution >= 0.6 is 0 Å². The van der Waals surface area contributed by atoms with Crippen LogP contribution in [0.2, 0.25) is 0 Å². The van der Waals surface area contributed by atoms with Crippen LogP contribution in [0.4, 0.5) is 4.79 Å². The molecule has 0 atom stereocenters. The van der Waals surface area contributed by atoms with Gasteiger partial charge in [-0.05, 0) is 42.0 Å². The predicted octanol–water partition coefficient (Wildman–Crippen LogP) is 3.85. The number of aromatic nitrogens is 1. The van der Waals surface area contributed by atoms with E-state index in [1.54, 1.807) is 4.90 Å². The zero-order valence-corrected chi connectivity index (χ0v) is 15.9. The number of ether oxygens (including phenoxy) is 1. The van der Waals surface area contributed by atoms with E-state index in [0.29, 0.717) is 19.5 Å². The number of nitrogens with zero attached hydrogens (tertiary/aromatic N) is 1. The Kier molecular flexibility index (Phi) is 5.19. The van der Waals surface area contributed by atoms with E-state index >= 15 is 0 Å². The maximum absolute atomic E-state index is 12.4. The molecule has 1 aliphatic heterocycles. The van der Waals surface area contributed by atoms with Crippen molar-refractivity contribution in [2.75, 3.05) is 20.2 Å². The highest BCUT2D eigenvalue weighted by Gasteiger charge is 2.29. The zero-order chi connectivity index (χ0) is 19.5. The fourth-order valence-electron chi connectivity index (χ4n) is 4.13. The second-order valence-electron chi connectivity index (χ2n) is 7.25. The van der Waals surface area contributed by atoms with Gasteiger partial charge in [-0.3, -0.25) is 4.79 Å². The standard InChI is InChI=1S/C22H24N2O4/c1-27-22(26)24-13-11-17(12-14-24)20-19(21(25)23-28-20)10-9-16-7-4-6-15-5-2-3-8-18(15)16/h2-8,17H,9-14H2,1H3,(H,23,25). The minimum absolute atomic E-state index is 0.141. The third kappa shape index (κ3) is 3.54. The first-order valence-corrected chi connectivity index (χ1v) is 9.67. The zero-order valence-electron chi connectivity index (χ0n) is 15.9. The highest BCUT2D eigenvalue weighted by atomic mass is 16.5. The van der Waals surface area contributed by atoms with Gasteiger partial charge in [-0.25, -0.2) is 4.79 Å². The van der Waals surface area contributed by atoms with Gasteiger partial charge in [-0.2, -0.15) is 5.16 Å². The number of piperidine rings is 1. The van der Waals surface area contributed by atoms with E-state index in [0.717, 1.165) is 30.6 Å². The third-order valence-electron chi connectivity index (χ3n) is 5.65. The monoisotopic (exact) mass is 380 g/mol. The Morgan fingerprint density at radius 2 is 1.89 bits per heavy atom. The number of aryl methyl sites for hydroxylation is 1. The van der Waals surface area contributed by atoms with Gasteiger partial charge in [0.1, 0.15) is 5.76 Å². The lowest BCUT2D eigenvalue weighted by Gasteiger charge is -2.30. The molecule has 2 aromatic carbocycles. The van der Waals surface area contributed by atoms with Gasteiger partial charge in [0.15, 0.2) is 0 Å². The molecule has 0 spiro atoms. The van der Waals surface area contributed by atoms with Crippen molar-refractivity contribution in [3.63, 3.8) is 0 Å². The minimum atomic E-state index is -0.301. The lowest BCUT2D eigenvalue weighted by molar-refractivity contribution is 0.110. The molecule has 1 fully saturated rings. The molecule has 1 amide bonds. The number of benzene rings is 2. The average Bonchev–Trinajstić information content (AvgIpc) is 3.12. The number of fused-ring (bicyclic) bond motifs is 1. The third-order valence-corrected chi connectivity index (χ3v) is 5.65. The molecule has 0 bridgehead atoms. The number of hydrogen-bond donors (Lipinski definition) is 1. The first-order chi connectivity index (χ1) is 13.7. The summed E-state index contributed by atoms with van der Waals surface area (Å²) in [5.74, 6) is 0.886. The topological polar surface area (TPSA) is 75.5 Å². The molecule has 1 saturated heterocycles. The summed E-state index contributed by atoms with van der Waals surface area (Å²) in [6.45, 7) is 1.21. The van der Waals surface area contributed by atoms with Crippen LogP contribution in [-0.4, -0.2) is 36.3 Å². The summed E-state index contributed by atoms with van der Waals surface area (Å²) in [4.78, 5) is 25.7. The summed E-state index contributed by atoms with van der Waals surface area (Å²) in [6, 6.07) is 14.6. The van der Waals surface area contributed by atoms with Crippen LogP contribution in [0, 0.1) is 0 Å². The quantitative estimate of drug-likeness (QED) is 0.746. The van der Waals surface area contributed by atoms with Crippen molar-refractivity contribution in [3.8, 4) is 0 Å². The van der Waals surface area contributed by atoms with Crippen molar-refractivity contribution in [1.29, 1.82) is 0 Å². The Morgan fingerprint density at radius 1 is 1.14 bits per heavy atom.